The summed E-state index contributed by atoms with van der Waals surface area (Å²) >= 11 is 11.9. The molecule has 0 aliphatic rings. The monoisotopic (exact) mass is 894 g/mol. The molecule has 0 aromatic carbocycles. The van der Waals surface area contributed by atoms with E-state index < -0.39 is 32.0 Å². The third kappa shape index (κ3) is 10.7. The molecule has 0 amide bonds. The summed E-state index contributed by atoms with van der Waals surface area (Å²) in [5, 5.41) is 0. The van der Waals surface area contributed by atoms with Crippen LogP contribution in [0.15, 0.2) is 0 Å². The van der Waals surface area contributed by atoms with Gasteiger partial charge in [-0.05, 0) is 57.7 Å². The Hall–Kier alpha value is -1.92. The molecule has 2 rings (SSSR count). The Balaban J connectivity index is 2.68. The minimum absolute atomic E-state index is 0.0219. The van der Waals surface area contributed by atoms with Gasteiger partial charge in [-0.1, -0.05) is 47.8 Å². The summed E-state index contributed by atoms with van der Waals surface area (Å²) in [5.74, 6) is -2.71. The number of aromatic amines is 2. The average molecular weight is 897 g/mol. The molecule has 12 nitrogen and oxygen atoms in total. The van der Waals surface area contributed by atoms with Crippen molar-refractivity contribution in [2.45, 2.75) is 47.1 Å². The molecule has 0 bridgehead atoms. The summed E-state index contributed by atoms with van der Waals surface area (Å²) in [6, 6.07) is 0. The van der Waals surface area contributed by atoms with E-state index in [2.05, 4.69) is 80.3 Å². The molecule has 2 N–H and O–H groups in total. The Morgan fingerprint density at radius 3 is 1.67 bits per heavy atom. The van der Waals surface area contributed by atoms with Crippen LogP contribution in [0.3, 0.4) is 0 Å². The van der Waals surface area contributed by atoms with Gasteiger partial charge in [-0.3, -0.25) is 19.2 Å². The van der Waals surface area contributed by atoms with E-state index in [1.54, 1.807) is 0 Å². The minimum Gasteiger partial charge on any atom is -0.469 e. The highest BCUT2D eigenvalue weighted by Crippen LogP contribution is 2.34. The first-order valence-electron chi connectivity index (χ1n) is 12.4. The maximum atomic E-state index is 13.2. The molecule has 0 atom stereocenters. The highest BCUT2D eigenvalue weighted by atomic mass is 127. The SMILES string of the molecule is COC(=O)CCc1c(I)[nH]c(Cc2[nH]c(C(=O)OCC(Br)(Br)Br)c(CC(=O)OC)c2CCC(=O)OC)c1CC(=O)OC. The van der Waals surface area contributed by atoms with Crippen LogP contribution in [-0.2, 0) is 75.0 Å². The summed E-state index contributed by atoms with van der Waals surface area (Å²) < 4.78 is 24.6. The lowest BCUT2D eigenvalue weighted by Gasteiger charge is -2.12. The van der Waals surface area contributed by atoms with Gasteiger partial charge in [-0.15, -0.1) is 0 Å². The second kappa shape index (κ2) is 16.8. The second-order valence-corrected chi connectivity index (χ2v) is 17.2. The van der Waals surface area contributed by atoms with Crippen molar-refractivity contribution in [2.75, 3.05) is 35.0 Å². The van der Waals surface area contributed by atoms with E-state index in [1.807, 2.05) is 0 Å². The lowest BCUT2D eigenvalue weighted by molar-refractivity contribution is -0.141. The predicted octanol–water partition coefficient (Wildman–Crippen LogP) is 4.18. The number of hydrogen-bond acceptors (Lipinski definition) is 10. The molecule has 0 radical (unpaired) electrons. The third-order valence-electron chi connectivity index (χ3n) is 6.20. The summed E-state index contributed by atoms with van der Waals surface area (Å²) in [6.07, 6.45) is 0.325. The Kier molecular flexibility index (Phi) is 14.5. The Labute approximate surface area is 281 Å². The van der Waals surface area contributed by atoms with Crippen LogP contribution in [0, 0.1) is 3.70 Å². The number of esters is 5. The fourth-order valence-electron chi connectivity index (χ4n) is 4.17. The number of halogens is 4. The molecular formula is C26H30Br3IN2O10. The van der Waals surface area contributed by atoms with Gasteiger partial charge in [0.15, 0.2) is 2.14 Å². The van der Waals surface area contributed by atoms with Crippen molar-refractivity contribution in [3.63, 3.8) is 0 Å². The summed E-state index contributed by atoms with van der Waals surface area (Å²) in [5.41, 5.74) is 3.38. The van der Waals surface area contributed by atoms with Gasteiger partial charge in [-0.25, -0.2) is 4.79 Å². The van der Waals surface area contributed by atoms with Gasteiger partial charge >= 0.3 is 29.8 Å². The van der Waals surface area contributed by atoms with Crippen LogP contribution >= 0.6 is 70.4 Å². The van der Waals surface area contributed by atoms with E-state index in [0.717, 1.165) is 5.56 Å². The zero-order valence-corrected chi connectivity index (χ0v) is 30.2. The molecule has 16 heteroatoms. The first-order chi connectivity index (χ1) is 19.7. The number of nitrogens with one attached hydrogen (secondary N) is 2. The van der Waals surface area contributed by atoms with Gasteiger partial charge in [-0.2, -0.15) is 0 Å². The molecule has 0 aliphatic carbocycles. The molecule has 2 aromatic rings. The number of carbonyl (C=O) groups excluding carboxylic acids is 5. The standard InChI is InChI=1S/C26H30Br3IN2O10/c1-38-19(33)7-5-13-16(10-22(36)41-4)23(25(37)42-12-26(27,28)29)31-17(13)11-18-15(9-21(35)40-3)14(24(30)32-18)6-8-20(34)39-2/h31-32H,5-12H2,1-4H3. The molecule has 2 aromatic heterocycles. The number of hydrogen-bond donors (Lipinski definition) is 2. The summed E-state index contributed by atoms with van der Waals surface area (Å²) in [7, 11) is 5.07. The van der Waals surface area contributed by atoms with Gasteiger partial charge in [0.2, 0.25) is 0 Å². The van der Waals surface area contributed by atoms with Crippen molar-refractivity contribution in [3.05, 3.63) is 43.0 Å². The van der Waals surface area contributed by atoms with Gasteiger partial charge in [0.1, 0.15) is 12.3 Å². The normalized spacial score (nSPS) is 11.1. The Morgan fingerprint density at radius 2 is 1.17 bits per heavy atom. The number of aromatic nitrogens is 2. The van der Waals surface area contributed by atoms with Crippen molar-refractivity contribution in [1.29, 1.82) is 0 Å². The molecule has 232 valence electrons. The highest BCUT2D eigenvalue weighted by molar-refractivity contribution is 14.1. The minimum atomic E-state index is -0.862. The average Bonchev–Trinajstić information content (AvgIpc) is 3.43. The van der Waals surface area contributed by atoms with Crippen molar-refractivity contribution in [1.82, 2.24) is 9.97 Å². The van der Waals surface area contributed by atoms with E-state index >= 15 is 0 Å². The summed E-state index contributed by atoms with van der Waals surface area (Å²) in [6.45, 7) is -0.114. The van der Waals surface area contributed by atoms with Crippen molar-refractivity contribution < 1.29 is 47.7 Å². The van der Waals surface area contributed by atoms with Gasteiger partial charge in [0, 0.05) is 30.7 Å². The fourth-order valence-corrected chi connectivity index (χ4v) is 5.43. The van der Waals surface area contributed by atoms with Crippen molar-refractivity contribution >= 4 is 100 Å². The molecule has 0 fully saturated rings. The molecule has 0 saturated carbocycles. The quantitative estimate of drug-likeness (QED) is 0.122. The Bertz CT molecular complexity index is 1320. The van der Waals surface area contributed by atoms with Gasteiger partial charge < -0.3 is 33.7 Å². The van der Waals surface area contributed by atoms with Gasteiger partial charge in [0.05, 0.1) is 45.0 Å². The van der Waals surface area contributed by atoms with Crippen LogP contribution in [0.1, 0.15) is 57.0 Å². The number of methoxy groups -OCH3 is 4. The van der Waals surface area contributed by atoms with E-state index in [4.69, 9.17) is 23.7 Å². The smallest absolute Gasteiger partial charge is 0.355 e. The molecular weight excluding hydrogens is 867 g/mol. The first kappa shape index (κ1) is 36.3. The largest absolute Gasteiger partial charge is 0.469 e. The molecule has 0 aliphatic heterocycles. The molecule has 2 heterocycles. The lowest BCUT2D eigenvalue weighted by Crippen LogP contribution is -2.18. The maximum Gasteiger partial charge on any atom is 0.355 e. The topological polar surface area (TPSA) is 163 Å². The van der Waals surface area contributed by atoms with Crippen LogP contribution in [0.2, 0.25) is 0 Å². The zero-order valence-electron chi connectivity index (χ0n) is 23.3. The molecule has 0 saturated heterocycles. The van der Waals surface area contributed by atoms with Gasteiger partial charge in [0.25, 0.3) is 0 Å². The summed E-state index contributed by atoms with van der Waals surface area (Å²) in [4.78, 5) is 68.3. The Morgan fingerprint density at radius 1 is 0.690 bits per heavy atom. The van der Waals surface area contributed by atoms with E-state index in [1.165, 1.54) is 28.4 Å². The van der Waals surface area contributed by atoms with Crippen LogP contribution in [0.4, 0.5) is 0 Å². The van der Waals surface area contributed by atoms with Crippen LogP contribution in [0.25, 0.3) is 0 Å². The number of carbonyl (C=O) groups is 5. The lowest BCUT2D eigenvalue weighted by atomic mass is 9.96. The van der Waals surface area contributed by atoms with Crippen LogP contribution in [-0.4, -0.2) is 77.0 Å². The van der Waals surface area contributed by atoms with Crippen molar-refractivity contribution in [3.8, 4) is 0 Å². The second-order valence-electron chi connectivity index (χ2n) is 8.84. The molecule has 42 heavy (non-hydrogen) atoms. The zero-order chi connectivity index (χ0) is 31.6. The van der Waals surface area contributed by atoms with E-state index in [0.29, 0.717) is 38.2 Å². The van der Waals surface area contributed by atoms with Crippen LogP contribution in [0.5, 0.6) is 0 Å². The maximum absolute atomic E-state index is 13.2. The first-order valence-corrected chi connectivity index (χ1v) is 15.8. The number of alkyl halides is 3. The predicted molar refractivity (Wildman–Crippen MR) is 169 cm³/mol. The van der Waals surface area contributed by atoms with Crippen LogP contribution < -0.4 is 0 Å². The third-order valence-corrected chi connectivity index (χ3v) is 7.80. The number of ether oxygens (including phenoxy) is 5. The van der Waals surface area contributed by atoms with Crippen molar-refractivity contribution in [2.24, 2.45) is 0 Å². The molecule has 0 unspecified atom stereocenters. The van der Waals surface area contributed by atoms with E-state index in [-0.39, 0.29) is 50.8 Å². The molecule has 0 spiro atoms. The number of rotatable bonds is 14. The highest BCUT2D eigenvalue weighted by Gasteiger charge is 2.29. The fraction of sp³-hybridized carbons (Fsp3) is 0.500. The van der Waals surface area contributed by atoms with E-state index in [9.17, 15) is 24.0 Å². The number of H-pyrrole nitrogens is 2.